The number of sulfonamides is 1. The molecule has 2 aliphatic heterocycles. The van der Waals surface area contributed by atoms with Crippen LogP contribution < -0.4 is 10.6 Å². The number of nitrogens with zero attached hydrogens (tertiary/aromatic N) is 7. The molecule has 5 heterocycles. The molecule has 0 bridgehead atoms. The van der Waals surface area contributed by atoms with Crippen LogP contribution in [0.3, 0.4) is 0 Å². The molecule has 0 spiro atoms. The Morgan fingerprint density at radius 1 is 1.10 bits per heavy atom. The van der Waals surface area contributed by atoms with Crippen LogP contribution >= 0.6 is 11.3 Å². The molecule has 3 N–H and O–H groups in total. The van der Waals surface area contributed by atoms with Crippen molar-refractivity contribution in [3.63, 3.8) is 0 Å². The van der Waals surface area contributed by atoms with E-state index >= 15 is 0 Å². The summed E-state index contributed by atoms with van der Waals surface area (Å²) < 4.78 is 63.6. The van der Waals surface area contributed by atoms with Crippen molar-refractivity contribution in [2.24, 2.45) is 0 Å². The highest BCUT2D eigenvalue weighted by Crippen LogP contribution is 2.38. The van der Waals surface area contributed by atoms with Gasteiger partial charge in [0.15, 0.2) is 11.6 Å². The fraction of sp³-hybridized carbons (Fsp3) is 0.522. The number of nitrogen functional groups attached to an aromatic ring is 1. The predicted molar refractivity (Wildman–Crippen MR) is 146 cm³/mol. The summed E-state index contributed by atoms with van der Waals surface area (Å²) in [5.74, 6) is -1.07. The molecule has 13 nitrogen and oxygen atoms in total. The third-order valence-electron chi connectivity index (χ3n) is 6.50. The second kappa shape index (κ2) is 12.4. The topological polar surface area (TPSA) is 168 Å². The molecule has 0 saturated carbocycles. The van der Waals surface area contributed by atoms with Crippen LogP contribution in [0.4, 0.5) is 24.9 Å². The minimum Gasteiger partial charge on any atom is -0.475 e. The number of hydrogen-bond acceptors (Lipinski definition) is 12. The molecule has 0 aromatic carbocycles. The van der Waals surface area contributed by atoms with Gasteiger partial charge in [0.25, 0.3) is 0 Å². The van der Waals surface area contributed by atoms with Gasteiger partial charge < -0.3 is 20.5 Å². The first-order valence-corrected chi connectivity index (χ1v) is 15.1. The number of ether oxygens (including phenoxy) is 1. The number of aromatic nitrogens is 4. The quantitative estimate of drug-likeness (QED) is 0.424. The number of anilines is 2. The lowest BCUT2D eigenvalue weighted by Crippen LogP contribution is -2.47. The summed E-state index contributed by atoms with van der Waals surface area (Å²) >= 11 is 1.72. The summed E-state index contributed by atoms with van der Waals surface area (Å²) in [5.41, 5.74) is 8.44. The number of carboxylic acids is 1. The van der Waals surface area contributed by atoms with Crippen molar-refractivity contribution < 1.29 is 36.2 Å². The zero-order valence-electron chi connectivity index (χ0n) is 22.3. The Morgan fingerprint density at radius 3 is 2.22 bits per heavy atom. The van der Waals surface area contributed by atoms with Gasteiger partial charge >= 0.3 is 12.1 Å². The maximum absolute atomic E-state index is 11.8. The fourth-order valence-electron chi connectivity index (χ4n) is 4.26. The van der Waals surface area contributed by atoms with Gasteiger partial charge in [-0.1, -0.05) is 0 Å². The fourth-order valence-corrected chi connectivity index (χ4v) is 6.40. The van der Waals surface area contributed by atoms with Crippen LogP contribution in [0.25, 0.3) is 21.6 Å². The molecular weight excluding hydrogens is 589 g/mol. The van der Waals surface area contributed by atoms with E-state index in [0.29, 0.717) is 45.2 Å². The highest BCUT2D eigenvalue weighted by molar-refractivity contribution is 7.88. The number of nitrogens with two attached hydrogens (primary N) is 1. The number of morpholine rings is 1. The molecule has 2 saturated heterocycles. The van der Waals surface area contributed by atoms with Gasteiger partial charge in [-0.25, -0.2) is 33.1 Å². The van der Waals surface area contributed by atoms with Gasteiger partial charge in [0, 0.05) is 63.1 Å². The van der Waals surface area contributed by atoms with Crippen molar-refractivity contribution in [1.82, 2.24) is 29.1 Å². The number of aryl methyl sites for hydroxylation is 1. The van der Waals surface area contributed by atoms with Crippen molar-refractivity contribution in [3.8, 4) is 11.4 Å². The van der Waals surface area contributed by atoms with Gasteiger partial charge in [0.05, 0.1) is 35.2 Å². The summed E-state index contributed by atoms with van der Waals surface area (Å²) in [6.45, 7) is 8.15. The van der Waals surface area contributed by atoms with Gasteiger partial charge in [0.1, 0.15) is 0 Å². The van der Waals surface area contributed by atoms with Crippen molar-refractivity contribution in [3.05, 3.63) is 22.8 Å². The van der Waals surface area contributed by atoms with Crippen LogP contribution in [0.15, 0.2) is 12.4 Å². The van der Waals surface area contributed by atoms with Crippen LogP contribution in [0.5, 0.6) is 0 Å². The minimum atomic E-state index is -5.08. The van der Waals surface area contributed by atoms with Gasteiger partial charge in [-0.05, 0) is 12.5 Å². The van der Waals surface area contributed by atoms with Crippen molar-refractivity contribution in [2.45, 2.75) is 19.6 Å². The summed E-state index contributed by atoms with van der Waals surface area (Å²) in [5, 5.41) is 7.12. The van der Waals surface area contributed by atoms with Crippen LogP contribution in [-0.4, -0.2) is 114 Å². The van der Waals surface area contributed by atoms with E-state index in [1.54, 1.807) is 28.0 Å². The van der Waals surface area contributed by atoms with Crippen LogP contribution in [-0.2, 0) is 26.1 Å². The van der Waals surface area contributed by atoms with Gasteiger partial charge in [0.2, 0.25) is 16.0 Å². The molecule has 2 aliphatic rings. The Bertz CT molecular complexity index is 1490. The van der Waals surface area contributed by atoms with E-state index in [-0.39, 0.29) is 5.95 Å². The van der Waals surface area contributed by atoms with Crippen molar-refractivity contribution >= 4 is 49.3 Å². The standard InChI is InChI=1S/C21H28N8O3S2.C2HF3O2/c1-14-16(13-27-3-5-29(6-4-27)34(2,30)31)33-18-17(14)25-19(15-11-23-21(22)24-12-15)26-20(18)28-7-9-32-10-8-28;3-2(4,5)1(6)7/h11-12H,3-10,13H2,1-2H3,(H2,22,23,24);(H,6,7). The molecule has 224 valence electrons. The lowest BCUT2D eigenvalue weighted by Gasteiger charge is -2.33. The predicted octanol–water partition coefficient (Wildman–Crippen LogP) is 1.59. The van der Waals surface area contributed by atoms with Crippen molar-refractivity contribution in [2.75, 3.05) is 69.4 Å². The van der Waals surface area contributed by atoms with Gasteiger partial charge in [-0.2, -0.15) is 17.5 Å². The SMILES string of the molecule is Cc1c(CN2CCN(S(C)(=O)=O)CC2)sc2c(N3CCOCC3)nc(-c3cnc(N)nc3)nc12.O=C(O)C(F)(F)F. The molecule has 3 aromatic heterocycles. The molecule has 18 heteroatoms. The van der Waals surface area contributed by atoms with E-state index in [0.717, 1.165) is 46.8 Å². The Kier molecular flexibility index (Phi) is 9.27. The zero-order chi connectivity index (χ0) is 29.9. The Hall–Kier alpha value is -3.19. The van der Waals surface area contributed by atoms with E-state index in [2.05, 4.69) is 26.7 Å². The van der Waals surface area contributed by atoms with E-state index in [4.69, 9.17) is 30.3 Å². The first kappa shape index (κ1) is 30.8. The number of carboxylic acid groups (broad SMARTS) is 1. The minimum absolute atomic E-state index is 0.211. The Labute approximate surface area is 237 Å². The van der Waals surface area contributed by atoms with E-state index in [9.17, 15) is 21.6 Å². The highest BCUT2D eigenvalue weighted by Gasteiger charge is 2.38. The number of aliphatic carboxylic acids is 1. The first-order chi connectivity index (χ1) is 19.2. The van der Waals surface area contributed by atoms with Crippen LogP contribution in [0.1, 0.15) is 10.4 Å². The number of hydrogen-bond donors (Lipinski definition) is 2. The number of rotatable bonds is 5. The summed E-state index contributed by atoms with van der Waals surface area (Å²) in [6.07, 6.45) is -0.513. The van der Waals surface area contributed by atoms with E-state index < -0.39 is 22.2 Å². The average molecular weight is 619 g/mol. The molecule has 0 unspecified atom stereocenters. The Morgan fingerprint density at radius 2 is 1.68 bits per heavy atom. The van der Waals surface area contributed by atoms with Gasteiger partial charge in [-0.3, -0.25) is 4.90 Å². The number of fused-ring (bicyclic) bond motifs is 1. The third-order valence-corrected chi connectivity index (χ3v) is 9.06. The molecule has 2 fully saturated rings. The monoisotopic (exact) mass is 618 g/mol. The number of thiophene rings is 1. The number of halogens is 3. The maximum Gasteiger partial charge on any atom is 0.490 e. The molecule has 3 aromatic rings. The third kappa shape index (κ3) is 7.56. The summed E-state index contributed by atoms with van der Waals surface area (Å²) in [7, 11) is -3.15. The lowest BCUT2D eigenvalue weighted by atomic mass is 10.2. The normalized spacial score (nSPS) is 17.3. The second-order valence-electron chi connectivity index (χ2n) is 9.37. The van der Waals surface area contributed by atoms with E-state index in [1.807, 2.05) is 0 Å². The van der Waals surface area contributed by atoms with Crippen LogP contribution in [0, 0.1) is 6.92 Å². The van der Waals surface area contributed by atoms with Crippen LogP contribution in [0.2, 0.25) is 0 Å². The Balaban J connectivity index is 0.000000493. The maximum atomic E-state index is 11.8. The molecular formula is C23H29F3N8O5S2. The molecule has 41 heavy (non-hydrogen) atoms. The smallest absolute Gasteiger partial charge is 0.475 e. The largest absolute Gasteiger partial charge is 0.490 e. The number of piperazine rings is 1. The number of carbonyl (C=O) groups is 1. The molecule has 0 aliphatic carbocycles. The summed E-state index contributed by atoms with van der Waals surface area (Å²) in [6, 6.07) is 0. The second-order valence-corrected chi connectivity index (χ2v) is 12.5. The lowest BCUT2D eigenvalue weighted by molar-refractivity contribution is -0.192. The molecule has 5 rings (SSSR count). The van der Waals surface area contributed by atoms with Crippen molar-refractivity contribution in [1.29, 1.82) is 0 Å². The van der Waals surface area contributed by atoms with Gasteiger partial charge in [-0.15, -0.1) is 11.3 Å². The molecule has 0 radical (unpaired) electrons. The first-order valence-electron chi connectivity index (χ1n) is 12.4. The average Bonchev–Trinajstić information content (AvgIpc) is 3.23. The van der Waals surface area contributed by atoms with E-state index in [1.165, 1.54) is 11.1 Å². The highest BCUT2D eigenvalue weighted by atomic mass is 32.2. The molecule has 0 amide bonds. The zero-order valence-corrected chi connectivity index (χ0v) is 23.9. The number of alkyl halides is 3. The summed E-state index contributed by atoms with van der Waals surface area (Å²) in [4.78, 5) is 32.7. The molecule has 0 atom stereocenters.